The van der Waals surface area contributed by atoms with Gasteiger partial charge in [-0.25, -0.2) is 0 Å². The largest absolute Gasteiger partial charge is 0.504 e. The smallest absolute Gasteiger partial charge is 0.232 e. The summed E-state index contributed by atoms with van der Waals surface area (Å²) >= 11 is 0. The monoisotopic (exact) mass is 314 g/mol. The van der Waals surface area contributed by atoms with Gasteiger partial charge in [-0.2, -0.15) is 0 Å². The van der Waals surface area contributed by atoms with Crippen molar-refractivity contribution in [3.63, 3.8) is 0 Å². The Morgan fingerprint density at radius 1 is 1.13 bits per heavy atom. The molecule has 1 heterocycles. The van der Waals surface area contributed by atoms with E-state index in [0.29, 0.717) is 10.9 Å². The van der Waals surface area contributed by atoms with Gasteiger partial charge in [0.05, 0.1) is 12.0 Å². The van der Waals surface area contributed by atoms with Gasteiger partial charge in [0, 0.05) is 16.5 Å². The van der Waals surface area contributed by atoms with Crippen LogP contribution in [-0.4, -0.2) is 33.6 Å². The number of phenols is 2. The molecule has 1 aliphatic heterocycles. The van der Waals surface area contributed by atoms with Crippen LogP contribution in [0, 0.1) is 0 Å². The summed E-state index contributed by atoms with van der Waals surface area (Å²) in [5, 5.41) is 39.3. The lowest BCUT2D eigenvalue weighted by molar-refractivity contribution is 0.322. The first kappa shape index (κ1) is 14.9. The first-order chi connectivity index (χ1) is 11.1. The molecule has 0 atom stereocenters. The van der Waals surface area contributed by atoms with Gasteiger partial charge in [0.2, 0.25) is 11.2 Å². The Kier molecular flexibility index (Phi) is 3.67. The molecule has 0 saturated heterocycles. The average Bonchev–Trinajstić information content (AvgIpc) is 2.69. The fourth-order valence-electron chi connectivity index (χ4n) is 2.57. The summed E-state index contributed by atoms with van der Waals surface area (Å²) < 4.78 is 5.33. The third-order valence-electron chi connectivity index (χ3n) is 3.64. The number of ether oxygens (including phenoxy) is 1. The fourth-order valence-corrected chi connectivity index (χ4v) is 2.57. The first-order valence-corrected chi connectivity index (χ1v) is 6.91. The molecule has 2 aromatic rings. The maximum Gasteiger partial charge on any atom is 0.232 e. The Bertz CT molecular complexity index is 911. The lowest BCUT2D eigenvalue weighted by atomic mass is 10.0. The van der Waals surface area contributed by atoms with Gasteiger partial charge in [-0.15, -0.1) is 0 Å². The number of fused-ring (bicyclic) bond motifs is 3. The van der Waals surface area contributed by atoms with Crippen molar-refractivity contribution in [2.45, 2.75) is 0 Å². The fraction of sp³-hybridized carbons (Fsp3) is 0.118. The zero-order valence-corrected chi connectivity index (χ0v) is 12.0. The third kappa shape index (κ3) is 2.29. The number of hydrogen-bond acceptors (Lipinski definition) is 6. The zero-order valence-electron chi connectivity index (χ0n) is 12.0. The van der Waals surface area contributed by atoms with Crippen LogP contribution in [0.15, 0.2) is 29.1 Å². The van der Waals surface area contributed by atoms with Crippen LogP contribution < -0.4 is 10.2 Å². The Balaban J connectivity index is 2.50. The number of aliphatic hydroxyl groups is 1. The van der Waals surface area contributed by atoms with E-state index in [1.165, 1.54) is 18.2 Å². The topological polar surface area (TPSA) is 107 Å². The van der Waals surface area contributed by atoms with Gasteiger partial charge >= 0.3 is 0 Å². The van der Waals surface area contributed by atoms with Crippen LogP contribution in [0.25, 0.3) is 22.9 Å². The van der Waals surface area contributed by atoms with Crippen molar-refractivity contribution in [3.05, 3.63) is 45.6 Å². The molecule has 0 saturated carbocycles. The third-order valence-corrected chi connectivity index (χ3v) is 3.64. The van der Waals surface area contributed by atoms with Crippen molar-refractivity contribution in [1.82, 2.24) is 0 Å². The molecule has 23 heavy (non-hydrogen) atoms. The highest BCUT2D eigenvalue weighted by Gasteiger charge is 2.23. The van der Waals surface area contributed by atoms with Gasteiger partial charge in [-0.3, -0.25) is 4.79 Å². The van der Waals surface area contributed by atoms with Gasteiger partial charge in [0.15, 0.2) is 17.2 Å². The molecule has 0 bridgehead atoms. The van der Waals surface area contributed by atoms with Gasteiger partial charge in [-0.05, 0) is 6.08 Å². The molecule has 0 fully saturated rings. The summed E-state index contributed by atoms with van der Waals surface area (Å²) in [7, 11) is 0. The van der Waals surface area contributed by atoms with E-state index in [1.807, 2.05) is 0 Å². The Labute approximate surface area is 130 Å². The van der Waals surface area contributed by atoms with Crippen molar-refractivity contribution in [2.24, 2.45) is 0 Å². The number of aliphatic hydroxyl groups excluding tert-OH is 1. The SMILES string of the molecule is O=c1c(O)c(C=CCO)ccc2c3c(c(O)c(O)c12)OCC=C3. The van der Waals surface area contributed by atoms with Crippen molar-refractivity contribution < 1.29 is 25.2 Å². The second-order valence-electron chi connectivity index (χ2n) is 4.99. The second-order valence-corrected chi connectivity index (χ2v) is 4.99. The summed E-state index contributed by atoms with van der Waals surface area (Å²) in [6.45, 7) is -0.00575. The van der Waals surface area contributed by atoms with Crippen LogP contribution in [0.5, 0.6) is 23.0 Å². The van der Waals surface area contributed by atoms with E-state index in [0.717, 1.165) is 0 Å². The summed E-state index contributed by atoms with van der Waals surface area (Å²) in [4.78, 5) is 12.5. The average molecular weight is 314 g/mol. The molecule has 2 aromatic carbocycles. The molecule has 0 aliphatic carbocycles. The normalized spacial score (nSPS) is 13.3. The van der Waals surface area contributed by atoms with Crippen LogP contribution in [0.4, 0.5) is 0 Å². The van der Waals surface area contributed by atoms with Crippen molar-refractivity contribution >= 4 is 22.9 Å². The molecular formula is C17H14O6. The highest BCUT2D eigenvalue weighted by molar-refractivity contribution is 6.00. The molecule has 6 heteroatoms. The summed E-state index contributed by atoms with van der Waals surface area (Å²) in [5.74, 6) is -1.66. The Hall–Kier alpha value is -2.99. The van der Waals surface area contributed by atoms with E-state index in [1.54, 1.807) is 18.2 Å². The predicted octanol–water partition coefficient (Wildman–Crippen LogP) is 1.73. The molecule has 4 N–H and O–H groups in total. The molecule has 1 aliphatic rings. The van der Waals surface area contributed by atoms with E-state index < -0.39 is 22.7 Å². The van der Waals surface area contributed by atoms with Crippen molar-refractivity contribution in [1.29, 1.82) is 0 Å². The molecule has 0 aromatic heterocycles. The quantitative estimate of drug-likeness (QED) is 0.629. The first-order valence-electron chi connectivity index (χ1n) is 6.91. The Morgan fingerprint density at radius 2 is 1.91 bits per heavy atom. The molecule has 0 unspecified atom stereocenters. The molecule has 0 amide bonds. The molecule has 3 rings (SSSR count). The van der Waals surface area contributed by atoms with Gasteiger partial charge in [-0.1, -0.05) is 30.4 Å². The van der Waals surface area contributed by atoms with E-state index in [-0.39, 0.29) is 29.9 Å². The number of hydrogen-bond donors (Lipinski definition) is 4. The Morgan fingerprint density at radius 3 is 2.65 bits per heavy atom. The van der Waals surface area contributed by atoms with Crippen LogP contribution in [0.3, 0.4) is 0 Å². The number of benzene rings is 1. The van der Waals surface area contributed by atoms with Gasteiger partial charge in [0.25, 0.3) is 0 Å². The summed E-state index contributed by atoms with van der Waals surface area (Å²) in [6, 6.07) is 3.04. The highest BCUT2D eigenvalue weighted by atomic mass is 16.5. The van der Waals surface area contributed by atoms with Crippen LogP contribution in [0.1, 0.15) is 11.1 Å². The molecule has 118 valence electrons. The maximum absolute atomic E-state index is 12.5. The van der Waals surface area contributed by atoms with Gasteiger partial charge < -0.3 is 25.2 Å². The summed E-state index contributed by atoms with van der Waals surface area (Å²) in [5.41, 5.74) is -0.183. The number of aromatic hydroxyl groups is 3. The minimum Gasteiger partial charge on any atom is -0.504 e. The standard InChI is InChI=1S/C17H14O6/c18-7-1-3-9-5-6-10-11-4-2-8-23-17(11)16(22)15(21)12(10)14(20)13(9)19/h1-6,18,21-22H,7-8H2,(H,19,20). The number of rotatable bonds is 2. The minimum atomic E-state index is -0.822. The summed E-state index contributed by atoms with van der Waals surface area (Å²) in [6.07, 6.45) is 6.16. The van der Waals surface area contributed by atoms with Crippen LogP contribution in [0.2, 0.25) is 0 Å². The lowest BCUT2D eigenvalue weighted by Gasteiger charge is -2.16. The lowest BCUT2D eigenvalue weighted by Crippen LogP contribution is -2.04. The van der Waals surface area contributed by atoms with E-state index in [4.69, 9.17) is 9.84 Å². The van der Waals surface area contributed by atoms with E-state index in [9.17, 15) is 20.1 Å². The van der Waals surface area contributed by atoms with E-state index >= 15 is 0 Å². The zero-order chi connectivity index (χ0) is 16.6. The van der Waals surface area contributed by atoms with Crippen LogP contribution >= 0.6 is 0 Å². The van der Waals surface area contributed by atoms with E-state index in [2.05, 4.69) is 0 Å². The molecular weight excluding hydrogens is 300 g/mol. The maximum atomic E-state index is 12.5. The number of phenolic OH excluding ortho intramolecular Hbond substituents is 2. The van der Waals surface area contributed by atoms with Crippen LogP contribution in [-0.2, 0) is 0 Å². The molecule has 6 nitrogen and oxygen atoms in total. The second kappa shape index (κ2) is 5.66. The van der Waals surface area contributed by atoms with Crippen molar-refractivity contribution in [2.75, 3.05) is 13.2 Å². The highest BCUT2D eigenvalue weighted by Crippen LogP contribution is 2.46. The minimum absolute atomic E-state index is 0.0926. The predicted molar refractivity (Wildman–Crippen MR) is 85.9 cm³/mol. The van der Waals surface area contributed by atoms with Crippen molar-refractivity contribution in [3.8, 4) is 23.0 Å². The molecule has 0 radical (unpaired) electrons. The molecule has 0 spiro atoms. The van der Waals surface area contributed by atoms with Gasteiger partial charge in [0.1, 0.15) is 6.61 Å².